The van der Waals surface area contributed by atoms with Crippen LogP contribution in [0.25, 0.3) is 0 Å². The summed E-state index contributed by atoms with van der Waals surface area (Å²) in [6.45, 7) is 10.3. The van der Waals surface area contributed by atoms with E-state index in [1.165, 1.54) is 0 Å². The molecule has 0 atom stereocenters. The minimum Gasteiger partial charge on any atom is -0.492 e. The van der Waals surface area contributed by atoms with Crippen molar-refractivity contribution in [2.45, 2.75) is 39.8 Å². The topological polar surface area (TPSA) is 41.6 Å². The summed E-state index contributed by atoms with van der Waals surface area (Å²) in [6, 6.07) is 16.0. The maximum atomic E-state index is 12.4. The molecule has 0 heterocycles. The SMILES string of the molecule is CC(C)N(CCOc1cccc(NC(=O)c2cccc(I)c2)c1)C(C)C. The molecular weight excluding hydrogens is 439 g/mol. The molecule has 4 nitrogen and oxygen atoms in total. The van der Waals surface area contributed by atoms with Gasteiger partial charge in [0.15, 0.2) is 0 Å². The lowest BCUT2D eigenvalue weighted by Crippen LogP contribution is -2.39. The lowest BCUT2D eigenvalue weighted by atomic mass is 10.2. The number of hydrogen-bond donors (Lipinski definition) is 1. The van der Waals surface area contributed by atoms with Gasteiger partial charge in [-0.1, -0.05) is 12.1 Å². The monoisotopic (exact) mass is 466 g/mol. The van der Waals surface area contributed by atoms with E-state index in [1.807, 2.05) is 48.5 Å². The zero-order valence-electron chi connectivity index (χ0n) is 15.8. The second kappa shape index (κ2) is 9.92. The molecule has 0 unspecified atom stereocenters. The molecule has 2 aromatic carbocycles. The largest absolute Gasteiger partial charge is 0.492 e. The van der Waals surface area contributed by atoms with Crippen LogP contribution in [-0.4, -0.2) is 36.0 Å². The molecule has 140 valence electrons. The highest BCUT2D eigenvalue weighted by Crippen LogP contribution is 2.19. The molecule has 1 N–H and O–H groups in total. The zero-order valence-corrected chi connectivity index (χ0v) is 18.0. The van der Waals surface area contributed by atoms with Crippen LogP contribution in [0.1, 0.15) is 38.1 Å². The molecule has 26 heavy (non-hydrogen) atoms. The van der Waals surface area contributed by atoms with Crippen LogP contribution in [0.2, 0.25) is 0 Å². The first-order valence-corrected chi connectivity index (χ1v) is 10.00. The van der Waals surface area contributed by atoms with Gasteiger partial charge in [0.25, 0.3) is 5.91 Å². The van der Waals surface area contributed by atoms with Crippen LogP contribution < -0.4 is 10.1 Å². The minimum atomic E-state index is -0.119. The third-order valence-corrected chi connectivity index (χ3v) is 4.79. The molecule has 5 heteroatoms. The van der Waals surface area contributed by atoms with E-state index in [2.05, 4.69) is 60.5 Å². The number of benzene rings is 2. The van der Waals surface area contributed by atoms with Crippen molar-refractivity contribution in [2.75, 3.05) is 18.5 Å². The van der Waals surface area contributed by atoms with Gasteiger partial charge in [0.2, 0.25) is 0 Å². The molecule has 0 saturated heterocycles. The Morgan fingerprint density at radius 2 is 1.77 bits per heavy atom. The summed E-state index contributed by atoms with van der Waals surface area (Å²) in [5, 5.41) is 2.93. The summed E-state index contributed by atoms with van der Waals surface area (Å²) < 4.78 is 6.92. The van der Waals surface area contributed by atoms with Crippen molar-refractivity contribution in [3.8, 4) is 5.75 Å². The van der Waals surface area contributed by atoms with Crippen LogP contribution in [0.15, 0.2) is 48.5 Å². The van der Waals surface area contributed by atoms with Gasteiger partial charge < -0.3 is 10.1 Å². The summed E-state index contributed by atoms with van der Waals surface area (Å²) >= 11 is 2.20. The highest BCUT2D eigenvalue weighted by molar-refractivity contribution is 14.1. The first-order valence-electron chi connectivity index (χ1n) is 8.92. The third-order valence-electron chi connectivity index (χ3n) is 4.12. The molecule has 2 rings (SSSR count). The average molecular weight is 466 g/mol. The number of ether oxygens (including phenoxy) is 1. The van der Waals surface area contributed by atoms with Crippen molar-refractivity contribution in [3.63, 3.8) is 0 Å². The van der Waals surface area contributed by atoms with Crippen LogP contribution >= 0.6 is 22.6 Å². The van der Waals surface area contributed by atoms with Crippen molar-refractivity contribution in [3.05, 3.63) is 57.7 Å². The molecule has 0 radical (unpaired) electrons. The number of nitrogens with zero attached hydrogens (tertiary/aromatic N) is 1. The van der Waals surface area contributed by atoms with Gasteiger partial charge in [0, 0.05) is 39.5 Å². The molecule has 0 aliphatic heterocycles. The van der Waals surface area contributed by atoms with Crippen molar-refractivity contribution in [2.24, 2.45) is 0 Å². The summed E-state index contributed by atoms with van der Waals surface area (Å²) in [5.74, 6) is 0.643. The van der Waals surface area contributed by atoms with Crippen LogP contribution in [-0.2, 0) is 0 Å². The first-order chi connectivity index (χ1) is 12.4. The van der Waals surface area contributed by atoms with Crippen LogP contribution in [0.4, 0.5) is 5.69 Å². The third kappa shape index (κ3) is 6.29. The Kier molecular flexibility index (Phi) is 7.90. The van der Waals surface area contributed by atoms with Gasteiger partial charge in [-0.2, -0.15) is 0 Å². The van der Waals surface area contributed by atoms with Gasteiger partial charge >= 0.3 is 0 Å². The lowest BCUT2D eigenvalue weighted by Gasteiger charge is -2.30. The van der Waals surface area contributed by atoms with E-state index in [-0.39, 0.29) is 5.91 Å². The van der Waals surface area contributed by atoms with E-state index in [0.29, 0.717) is 24.3 Å². The average Bonchev–Trinajstić information content (AvgIpc) is 2.58. The van der Waals surface area contributed by atoms with Gasteiger partial charge in [-0.25, -0.2) is 0 Å². The van der Waals surface area contributed by atoms with E-state index < -0.39 is 0 Å². The van der Waals surface area contributed by atoms with E-state index >= 15 is 0 Å². The number of rotatable bonds is 8. The van der Waals surface area contributed by atoms with Gasteiger partial charge in [0.05, 0.1) is 0 Å². The van der Waals surface area contributed by atoms with Crippen LogP contribution in [0.5, 0.6) is 5.75 Å². The molecule has 0 aliphatic carbocycles. The maximum Gasteiger partial charge on any atom is 0.255 e. The Bertz CT molecular complexity index is 723. The molecule has 0 aliphatic rings. The number of carbonyl (C=O) groups excluding carboxylic acids is 1. The fourth-order valence-corrected chi connectivity index (χ4v) is 3.42. The number of carbonyl (C=O) groups is 1. The number of halogens is 1. The fraction of sp³-hybridized carbons (Fsp3) is 0.381. The molecule has 0 spiro atoms. The standard InChI is InChI=1S/C21H27IN2O2/c1-15(2)24(16(3)4)11-12-26-20-10-6-9-19(14-20)23-21(25)17-7-5-8-18(22)13-17/h5-10,13-16H,11-12H2,1-4H3,(H,23,25). The molecular formula is C21H27IN2O2. The van der Waals surface area contributed by atoms with E-state index in [1.54, 1.807) is 0 Å². The highest BCUT2D eigenvalue weighted by atomic mass is 127. The second-order valence-corrected chi connectivity index (χ2v) is 8.01. The number of hydrogen-bond acceptors (Lipinski definition) is 3. The summed E-state index contributed by atoms with van der Waals surface area (Å²) in [7, 11) is 0. The summed E-state index contributed by atoms with van der Waals surface area (Å²) in [4.78, 5) is 14.8. The second-order valence-electron chi connectivity index (χ2n) is 6.77. The van der Waals surface area contributed by atoms with Crippen molar-refractivity contribution >= 4 is 34.2 Å². The molecule has 0 aromatic heterocycles. The van der Waals surface area contributed by atoms with Gasteiger partial charge in [-0.05, 0) is 80.6 Å². The van der Waals surface area contributed by atoms with Gasteiger partial charge in [0.1, 0.15) is 12.4 Å². The van der Waals surface area contributed by atoms with Crippen molar-refractivity contribution in [1.29, 1.82) is 0 Å². The molecule has 0 fully saturated rings. The quantitative estimate of drug-likeness (QED) is 0.555. The van der Waals surface area contributed by atoms with E-state index in [0.717, 1.165) is 21.6 Å². The smallest absolute Gasteiger partial charge is 0.255 e. The van der Waals surface area contributed by atoms with E-state index in [4.69, 9.17) is 4.74 Å². The van der Waals surface area contributed by atoms with Crippen LogP contribution in [0.3, 0.4) is 0 Å². The Morgan fingerprint density at radius 1 is 1.08 bits per heavy atom. The predicted octanol–water partition coefficient (Wildman–Crippen LogP) is 5.04. The van der Waals surface area contributed by atoms with Gasteiger partial charge in [-0.3, -0.25) is 9.69 Å². The Hall–Kier alpha value is -1.60. The Labute approximate surface area is 170 Å². The molecule has 2 aromatic rings. The Morgan fingerprint density at radius 3 is 2.42 bits per heavy atom. The molecule has 1 amide bonds. The number of nitrogens with one attached hydrogen (secondary N) is 1. The maximum absolute atomic E-state index is 12.4. The number of amides is 1. The Balaban J connectivity index is 1.94. The lowest BCUT2D eigenvalue weighted by molar-refractivity contribution is 0.102. The molecule has 0 bridgehead atoms. The number of anilines is 1. The normalized spacial score (nSPS) is 11.2. The van der Waals surface area contributed by atoms with Gasteiger partial charge in [-0.15, -0.1) is 0 Å². The van der Waals surface area contributed by atoms with Crippen molar-refractivity contribution in [1.82, 2.24) is 4.90 Å². The van der Waals surface area contributed by atoms with Crippen molar-refractivity contribution < 1.29 is 9.53 Å². The zero-order chi connectivity index (χ0) is 19.1. The summed E-state index contributed by atoms with van der Waals surface area (Å²) in [6.07, 6.45) is 0. The fourth-order valence-electron chi connectivity index (χ4n) is 2.88. The first kappa shape index (κ1) is 20.7. The highest BCUT2D eigenvalue weighted by Gasteiger charge is 2.13. The van der Waals surface area contributed by atoms with E-state index in [9.17, 15) is 4.79 Å². The predicted molar refractivity (Wildman–Crippen MR) is 116 cm³/mol. The molecule has 0 saturated carbocycles. The minimum absolute atomic E-state index is 0.119. The summed E-state index contributed by atoms with van der Waals surface area (Å²) in [5.41, 5.74) is 1.38. The van der Waals surface area contributed by atoms with Crippen LogP contribution in [0, 0.1) is 3.57 Å².